The maximum atomic E-state index is 10.1. The number of carbonyl (C=O) groups excluding carboxylic acids is 1. The van der Waals surface area contributed by atoms with Crippen molar-refractivity contribution in [1.82, 2.24) is 0 Å². The summed E-state index contributed by atoms with van der Waals surface area (Å²) in [4.78, 5) is 13.8. The van der Waals surface area contributed by atoms with Crippen LogP contribution in [0.25, 0.3) is 0 Å². The molecule has 1 saturated carbocycles. The molecule has 0 radical (unpaired) electrons. The van der Waals surface area contributed by atoms with Crippen LogP contribution in [0.2, 0.25) is 0 Å². The summed E-state index contributed by atoms with van der Waals surface area (Å²) in [7, 11) is 0. The predicted octanol–water partition coefficient (Wildman–Crippen LogP) is 2.18. The average molecular weight is 178 g/mol. The molecule has 0 bridgehead atoms. The zero-order chi connectivity index (χ0) is 9.73. The fourth-order valence-electron chi connectivity index (χ4n) is 1.90. The molecular formula is C10H14N2O. The lowest BCUT2D eigenvalue weighted by molar-refractivity contribution is 0.276. The number of hydrogen-bond donors (Lipinski definition) is 0. The van der Waals surface area contributed by atoms with Crippen molar-refractivity contribution in [3.63, 3.8) is 0 Å². The minimum absolute atomic E-state index is 0.711. The third-order valence-electron chi connectivity index (χ3n) is 2.98. The second kappa shape index (κ2) is 4.20. The Balaban J connectivity index is 2.64. The average Bonchev–Trinajstić information content (AvgIpc) is 2.19. The summed E-state index contributed by atoms with van der Waals surface area (Å²) in [6.45, 7) is 2.16. The van der Waals surface area contributed by atoms with Crippen LogP contribution < -0.4 is 0 Å². The van der Waals surface area contributed by atoms with Crippen LogP contribution in [0.5, 0.6) is 0 Å². The van der Waals surface area contributed by atoms with E-state index in [9.17, 15) is 4.79 Å². The molecule has 0 atom stereocenters. The van der Waals surface area contributed by atoms with E-state index in [1.807, 2.05) is 0 Å². The van der Waals surface area contributed by atoms with Gasteiger partial charge in [-0.2, -0.15) is 10.3 Å². The lowest BCUT2D eigenvalue weighted by atomic mass is 9.77. The lowest BCUT2D eigenvalue weighted by Crippen LogP contribution is -2.30. The van der Waals surface area contributed by atoms with Crippen LogP contribution in [0.15, 0.2) is 4.99 Å². The van der Waals surface area contributed by atoms with Crippen LogP contribution in [0.4, 0.5) is 0 Å². The Labute approximate surface area is 78.5 Å². The molecule has 1 aliphatic rings. The van der Waals surface area contributed by atoms with Crippen LogP contribution in [0, 0.1) is 17.2 Å². The van der Waals surface area contributed by atoms with E-state index in [-0.39, 0.29) is 0 Å². The quantitative estimate of drug-likeness (QED) is 0.480. The maximum Gasteiger partial charge on any atom is 0.236 e. The van der Waals surface area contributed by atoms with Crippen molar-refractivity contribution in [2.24, 2.45) is 10.9 Å². The van der Waals surface area contributed by atoms with E-state index in [0.717, 1.165) is 32.1 Å². The van der Waals surface area contributed by atoms with E-state index < -0.39 is 5.54 Å². The summed E-state index contributed by atoms with van der Waals surface area (Å²) in [5.74, 6) is 0.711. The SMILES string of the molecule is CCC1CCC(C#N)(N=C=O)CC1. The molecule has 13 heavy (non-hydrogen) atoms. The van der Waals surface area contributed by atoms with Gasteiger partial charge in [0.2, 0.25) is 6.08 Å². The Morgan fingerprint density at radius 1 is 1.54 bits per heavy atom. The maximum absolute atomic E-state index is 10.1. The predicted molar refractivity (Wildman–Crippen MR) is 48.7 cm³/mol. The monoisotopic (exact) mass is 178 g/mol. The van der Waals surface area contributed by atoms with Crippen molar-refractivity contribution in [2.45, 2.75) is 44.6 Å². The molecule has 0 unspecified atom stereocenters. The van der Waals surface area contributed by atoms with Crippen LogP contribution in [-0.4, -0.2) is 11.6 Å². The van der Waals surface area contributed by atoms with Gasteiger partial charge in [-0.3, -0.25) is 0 Å². The van der Waals surface area contributed by atoms with E-state index in [2.05, 4.69) is 18.0 Å². The number of isocyanates is 1. The summed E-state index contributed by atoms with van der Waals surface area (Å²) in [6.07, 6.45) is 6.13. The fraction of sp³-hybridized carbons (Fsp3) is 0.800. The molecule has 0 aromatic rings. The van der Waals surface area contributed by atoms with E-state index in [4.69, 9.17) is 5.26 Å². The van der Waals surface area contributed by atoms with Crippen LogP contribution >= 0.6 is 0 Å². The van der Waals surface area contributed by atoms with Gasteiger partial charge >= 0.3 is 0 Å². The van der Waals surface area contributed by atoms with Gasteiger partial charge in [-0.05, 0) is 31.6 Å². The molecule has 1 aliphatic carbocycles. The molecule has 0 spiro atoms. The largest absolute Gasteiger partial charge is 0.236 e. The molecule has 3 heteroatoms. The normalized spacial score (nSPS) is 33.1. The smallest absolute Gasteiger partial charge is 0.211 e. The zero-order valence-electron chi connectivity index (χ0n) is 7.92. The summed E-state index contributed by atoms with van der Waals surface area (Å²) < 4.78 is 0. The third kappa shape index (κ3) is 2.17. The summed E-state index contributed by atoms with van der Waals surface area (Å²) in [5, 5.41) is 8.91. The van der Waals surface area contributed by atoms with Crippen LogP contribution in [-0.2, 0) is 4.79 Å². The van der Waals surface area contributed by atoms with Gasteiger partial charge in [0, 0.05) is 0 Å². The summed E-state index contributed by atoms with van der Waals surface area (Å²) >= 11 is 0. The third-order valence-corrected chi connectivity index (χ3v) is 2.98. The molecule has 0 N–H and O–H groups in total. The Morgan fingerprint density at radius 2 is 2.15 bits per heavy atom. The van der Waals surface area contributed by atoms with Gasteiger partial charge in [0.05, 0.1) is 6.07 Å². The molecule has 0 heterocycles. The van der Waals surface area contributed by atoms with Crippen molar-refractivity contribution in [2.75, 3.05) is 0 Å². The second-order valence-corrected chi connectivity index (χ2v) is 3.70. The molecule has 0 aromatic heterocycles. The van der Waals surface area contributed by atoms with Crippen molar-refractivity contribution in [1.29, 1.82) is 5.26 Å². The minimum Gasteiger partial charge on any atom is -0.211 e. The molecule has 0 aromatic carbocycles. The van der Waals surface area contributed by atoms with E-state index in [1.165, 1.54) is 6.08 Å². The highest BCUT2D eigenvalue weighted by atomic mass is 16.1. The highest BCUT2D eigenvalue weighted by Crippen LogP contribution is 2.35. The molecule has 0 aliphatic heterocycles. The highest BCUT2D eigenvalue weighted by molar-refractivity contribution is 5.37. The number of aliphatic imine (C=N–C) groups is 1. The first-order chi connectivity index (χ1) is 6.26. The van der Waals surface area contributed by atoms with Gasteiger partial charge in [0.15, 0.2) is 5.54 Å². The van der Waals surface area contributed by atoms with Gasteiger partial charge in [-0.15, -0.1) is 0 Å². The van der Waals surface area contributed by atoms with Crippen molar-refractivity contribution < 1.29 is 4.79 Å². The molecule has 0 amide bonds. The number of hydrogen-bond acceptors (Lipinski definition) is 3. The molecule has 3 nitrogen and oxygen atoms in total. The van der Waals surface area contributed by atoms with Crippen LogP contribution in [0.1, 0.15) is 39.0 Å². The van der Waals surface area contributed by atoms with Gasteiger partial charge < -0.3 is 0 Å². The van der Waals surface area contributed by atoms with E-state index >= 15 is 0 Å². The van der Waals surface area contributed by atoms with Gasteiger partial charge in [-0.25, -0.2) is 4.79 Å². The number of rotatable bonds is 2. The number of nitriles is 1. The van der Waals surface area contributed by atoms with Crippen molar-refractivity contribution >= 4 is 6.08 Å². The lowest BCUT2D eigenvalue weighted by Gasteiger charge is -2.30. The first-order valence-electron chi connectivity index (χ1n) is 4.76. The Morgan fingerprint density at radius 3 is 2.54 bits per heavy atom. The fourth-order valence-corrected chi connectivity index (χ4v) is 1.90. The van der Waals surface area contributed by atoms with Crippen molar-refractivity contribution in [3.8, 4) is 6.07 Å². The minimum atomic E-state index is -0.743. The first-order valence-corrected chi connectivity index (χ1v) is 4.76. The zero-order valence-corrected chi connectivity index (χ0v) is 7.92. The second-order valence-electron chi connectivity index (χ2n) is 3.70. The molecule has 0 saturated heterocycles. The summed E-state index contributed by atoms with van der Waals surface area (Å²) in [5.41, 5.74) is -0.743. The Hall–Kier alpha value is -1.13. The molecule has 1 fully saturated rings. The summed E-state index contributed by atoms with van der Waals surface area (Å²) in [6, 6.07) is 2.13. The van der Waals surface area contributed by atoms with E-state index in [0.29, 0.717) is 5.92 Å². The first kappa shape index (κ1) is 9.95. The van der Waals surface area contributed by atoms with Gasteiger partial charge in [0.25, 0.3) is 0 Å². The van der Waals surface area contributed by atoms with E-state index in [1.54, 1.807) is 0 Å². The van der Waals surface area contributed by atoms with Gasteiger partial charge in [0.1, 0.15) is 0 Å². The Kier molecular flexibility index (Phi) is 3.22. The van der Waals surface area contributed by atoms with Crippen molar-refractivity contribution in [3.05, 3.63) is 0 Å². The number of nitrogens with zero attached hydrogens (tertiary/aromatic N) is 2. The molecule has 70 valence electrons. The highest BCUT2D eigenvalue weighted by Gasteiger charge is 2.34. The van der Waals surface area contributed by atoms with Gasteiger partial charge in [-0.1, -0.05) is 13.3 Å². The Bertz CT molecular complexity index is 253. The topological polar surface area (TPSA) is 53.2 Å². The standard InChI is InChI=1S/C10H14N2O/c1-2-9-3-5-10(7-11,6-4-9)12-8-13/h9H,2-6H2,1H3. The molecule has 1 rings (SSSR count). The molecular weight excluding hydrogens is 164 g/mol. The van der Waals surface area contributed by atoms with Crippen LogP contribution in [0.3, 0.4) is 0 Å².